The Labute approximate surface area is 175 Å². The van der Waals surface area contributed by atoms with Gasteiger partial charge < -0.3 is 4.90 Å². The van der Waals surface area contributed by atoms with Crippen LogP contribution in [0.3, 0.4) is 0 Å². The van der Waals surface area contributed by atoms with E-state index in [0.29, 0.717) is 23.9 Å². The third-order valence-corrected chi connectivity index (χ3v) is 5.93. The van der Waals surface area contributed by atoms with E-state index < -0.39 is 0 Å². The number of carbonyl (C=O) groups excluding carboxylic acids is 1. The molecule has 1 atom stereocenters. The highest BCUT2D eigenvalue weighted by Crippen LogP contribution is 2.30. The summed E-state index contributed by atoms with van der Waals surface area (Å²) in [6, 6.07) is 18.3. The molecule has 29 heavy (non-hydrogen) atoms. The largest absolute Gasteiger partial charge is 0.343 e. The zero-order valence-electron chi connectivity index (χ0n) is 16.2. The maximum atomic E-state index is 13.1. The van der Waals surface area contributed by atoms with E-state index in [1.165, 1.54) is 5.56 Å². The zero-order chi connectivity index (χ0) is 20.1. The van der Waals surface area contributed by atoms with E-state index in [0.717, 1.165) is 31.5 Å². The third-order valence-electron chi connectivity index (χ3n) is 5.68. The molecule has 0 spiro atoms. The van der Waals surface area contributed by atoms with Gasteiger partial charge in [-0.15, -0.1) is 5.10 Å². The Hall–Kier alpha value is -2.73. The van der Waals surface area contributed by atoms with Crippen molar-refractivity contribution in [1.82, 2.24) is 25.1 Å². The van der Waals surface area contributed by atoms with Crippen molar-refractivity contribution in [3.63, 3.8) is 0 Å². The number of carbonyl (C=O) groups is 1. The van der Waals surface area contributed by atoms with Crippen molar-refractivity contribution in [3.05, 3.63) is 77.1 Å². The van der Waals surface area contributed by atoms with Crippen molar-refractivity contribution in [2.24, 2.45) is 0 Å². The van der Waals surface area contributed by atoms with E-state index >= 15 is 0 Å². The number of hydrogen-bond donors (Lipinski definition) is 0. The zero-order valence-corrected chi connectivity index (χ0v) is 16.9. The summed E-state index contributed by atoms with van der Waals surface area (Å²) in [4.78, 5) is 15.1. The molecular weight excluding hydrogens is 386 g/mol. The fourth-order valence-electron chi connectivity index (χ4n) is 4.04. The van der Waals surface area contributed by atoms with Crippen molar-refractivity contribution in [3.8, 4) is 0 Å². The van der Waals surface area contributed by atoms with Gasteiger partial charge in [-0.3, -0.25) is 4.79 Å². The Bertz CT molecular complexity index is 906. The minimum Gasteiger partial charge on any atom is -0.343 e. The number of aromatic nitrogens is 4. The summed E-state index contributed by atoms with van der Waals surface area (Å²) in [5.74, 6) is 0.716. The second kappa shape index (κ2) is 9.18. The molecule has 0 aliphatic carbocycles. The van der Waals surface area contributed by atoms with Gasteiger partial charge in [-0.05, 0) is 52.4 Å². The Morgan fingerprint density at radius 1 is 1.07 bits per heavy atom. The third kappa shape index (κ3) is 5.01. The van der Waals surface area contributed by atoms with Gasteiger partial charge in [-0.1, -0.05) is 54.1 Å². The lowest BCUT2D eigenvalue weighted by Crippen LogP contribution is -2.38. The summed E-state index contributed by atoms with van der Waals surface area (Å²) in [6.45, 7) is 2.16. The molecule has 0 saturated carbocycles. The molecule has 0 bridgehead atoms. The van der Waals surface area contributed by atoms with Gasteiger partial charge in [0.1, 0.15) is 6.33 Å². The monoisotopic (exact) mass is 409 g/mol. The van der Waals surface area contributed by atoms with Crippen LogP contribution in [-0.4, -0.2) is 44.1 Å². The maximum absolute atomic E-state index is 13.1. The number of amides is 1. The van der Waals surface area contributed by atoms with Crippen molar-refractivity contribution in [2.75, 3.05) is 13.1 Å². The Morgan fingerprint density at radius 2 is 1.79 bits per heavy atom. The highest BCUT2D eigenvalue weighted by atomic mass is 35.5. The van der Waals surface area contributed by atoms with Crippen LogP contribution in [0.1, 0.15) is 42.2 Å². The first-order valence-electron chi connectivity index (χ1n) is 9.98. The fourth-order valence-corrected chi connectivity index (χ4v) is 4.17. The summed E-state index contributed by atoms with van der Waals surface area (Å²) in [6.07, 6.45) is 4.03. The van der Waals surface area contributed by atoms with E-state index in [9.17, 15) is 4.79 Å². The van der Waals surface area contributed by atoms with Gasteiger partial charge >= 0.3 is 0 Å². The van der Waals surface area contributed by atoms with Crippen LogP contribution >= 0.6 is 11.6 Å². The first-order valence-corrected chi connectivity index (χ1v) is 10.4. The number of hydrogen-bond acceptors (Lipinski definition) is 4. The van der Waals surface area contributed by atoms with Gasteiger partial charge in [0.2, 0.25) is 5.91 Å². The normalized spacial score (nSPS) is 16.0. The van der Waals surface area contributed by atoms with E-state index in [1.54, 1.807) is 11.0 Å². The smallest absolute Gasteiger partial charge is 0.223 e. The van der Waals surface area contributed by atoms with Gasteiger partial charge in [0.15, 0.2) is 0 Å². The van der Waals surface area contributed by atoms with Crippen molar-refractivity contribution >= 4 is 17.5 Å². The molecule has 1 amide bonds. The van der Waals surface area contributed by atoms with Crippen LogP contribution in [-0.2, 0) is 11.3 Å². The summed E-state index contributed by atoms with van der Waals surface area (Å²) >= 11 is 6.04. The van der Waals surface area contributed by atoms with Gasteiger partial charge in [0, 0.05) is 30.5 Å². The Balaban J connectivity index is 1.40. The van der Waals surface area contributed by atoms with Gasteiger partial charge in [0.25, 0.3) is 0 Å². The quantitative estimate of drug-likeness (QED) is 0.619. The topological polar surface area (TPSA) is 63.9 Å². The molecule has 0 N–H and O–H groups in total. The number of likely N-dealkylation sites (tertiary alicyclic amines) is 1. The lowest BCUT2D eigenvalue weighted by atomic mass is 9.89. The minimum atomic E-state index is -0.00452. The molecule has 2 aromatic carbocycles. The summed E-state index contributed by atoms with van der Waals surface area (Å²) in [7, 11) is 0. The number of rotatable bonds is 6. The first-order chi connectivity index (χ1) is 14.2. The van der Waals surface area contributed by atoms with E-state index in [1.807, 2.05) is 35.2 Å². The Kier molecular flexibility index (Phi) is 6.20. The molecule has 1 aliphatic rings. The molecule has 1 aliphatic heterocycles. The molecule has 150 valence electrons. The van der Waals surface area contributed by atoms with Crippen LogP contribution in [0.2, 0.25) is 5.02 Å². The molecule has 3 aromatic rings. The minimum absolute atomic E-state index is 0.00452. The molecule has 1 fully saturated rings. The van der Waals surface area contributed by atoms with Crippen molar-refractivity contribution < 1.29 is 4.79 Å². The van der Waals surface area contributed by atoms with Crippen LogP contribution in [0, 0.1) is 0 Å². The predicted molar refractivity (Wildman–Crippen MR) is 112 cm³/mol. The summed E-state index contributed by atoms with van der Waals surface area (Å²) < 4.78 is 1.67. The number of piperidine rings is 1. The average Bonchev–Trinajstić information content (AvgIpc) is 3.28. The maximum Gasteiger partial charge on any atom is 0.223 e. The lowest BCUT2D eigenvalue weighted by molar-refractivity contribution is -0.132. The first kappa shape index (κ1) is 19.6. The summed E-state index contributed by atoms with van der Waals surface area (Å²) in [5.41, 5.74) is 2.44. The number of benzene rings is 2. The number of halogens is 1. The highest BCUT2D eigenvalue weighted by molar-refractivity contribution is 6.30. The van der Waals surface area contributed by atoms with Crippen LogP contribution < -0.4 is 0 Å². The molecule has 0 radical (unpaired) electrons. The highest BCUT2D eigenvalue weighted by Gasteiger charge is 2.26. The standard InChI is InChI=1S/C22H24ClN5O/c23-21-8-6-18(7-9-21)20(15-28-16-24-25-26-28)14-22(29)27-12-10-19(11-13-27)17-4-2-1-3-5-17/h1-9,16,19-20H,10-15H2/t20-/m0/s1. The predicted octanol–water partition coefficient (Wildman–Crippen LogP) is 3.91. The van der Waals surface area contributed by atoms with Gasteiger partial charge in [-0.25, -0.2) is 4.68 Å². The van der Waals surface area contributed by atoms with Crippen LogP contribution in [0.5, 0.6) is 0 Å². The molecular formula is C22H24ClN5O. The molecule has 0 unspecified atom stereocenters. The molecule has 6 nitrogen and oxygen atoms in total. The van der Waals surface area contributed by atoms with Gasteiger partial charge in [-0.2, -0.15) is 0 Å². The summed E-state index contributed by atoms with van der Waals surface area (Å²) in [5, 5.41) is 12.1. The van der Waals surface area contributed by atoms with E-state index in [2.05, 4.69) is 39.8 Å². The second-order valence-corrected chi connectivity index (χ2v) is 7.99. The second-order valence-electron chi connectivity index (χ2n) is 7.55. The van der Waals surface area contributed by atoms with E-state index in [-0.39, 0.29) is 11.8 Å². The molecule has 2 heterocycles. The fraction of sp³-hybridized carbons (Fsp3) is 0.364. The SMILES string of the molecule is O=C(C[C@@H](Cn1cnnn1)c1ccc(Cl)cc1)N1CCC(c2ccccc2)CC1. The van der Waals surface area contributed by atoms with Crippen molar-refractivity contribution in [1.29, 1.82) is 0 Å². The Morgan fingerprint density at radius 3 is 2.45 bits per heavy atom. The van der Waals surface area contributed by atoms with Crippen LogP contribution in [0.4, 0.5) is 0 Å². The van der Waals surface area contributed by atoms with Crippen molar-refractivity contribution in [2.45, 2.75) is 37.6 Å². The van der Waals surface area contributed by atoms with Gasteiger partial charge in [0.05, 0.1) is 6.54 Å². The molecule has 1 aromatic heterocycles. The number of nitrogens with zero attached hydrogens (tertiary/aromatic N) is 5. The van der Waals surface area contributed by atoms with Crippen LogP contribution in [0.15, 0.2) is 60.9 Å². The average molecular weight is 410 g/mol. The van der Waals surface area contributed by atoms with Crippen LogP contribution in [0.25, 0.3) is 0 Å². The molecule has 4 rings (SSSR count). The lowest BCUT2D eigenvalue weighted by Gasteiger charge is -2.33. The molecule has 1 saturated heterocycles. The van der Waals surface area contributed by atoms with E-state index in [4.69, 9.17) is 11.6 Å². The molecule has 7 heteroatoms. The number of tetrazole rings is 1.